The number of anilines is 2. The van der Waals surface area contributed by atoms with E-state index in [4.69, 9.17) is 9.47 Å². The van der Waals surface area contributed by atoms with Gasteiger partial charge in [-0.15, -0.1) is 0 Å². The Morgan fingerprint density at radius 2 is 1.62 bits per heavy atom. The van der Waals surface area contributed by atoms with Crippen LogP contribution < -0.4 is 19.1 Å². The fourth-order valence-electron chi connectivity index (χ4n) is 2.92. The molecular weight excluding hydrogens is 442 g/mol. The Hall–Kier alpha value is -3.66. The second-order valence-corrected chi connectivity index (χ2v) is 8.40. The van der Waals surface area contributed by atoms with Crippen LogP contribution in [0.4, 0.5) is 20.2 Å². The van der Waals surface area contributed by atoms with Crippen molar-refractivity contribution < 1.29 is 31.5 Å². The van der Waals surface area contributed by atoms with Gasteiger partial charge in [-0.2, -0.15) is 0 Å². The first kappa shape index (κ1) is 23.0. The molecule has 0 aliphatic carbocycles. The highest BCUT2D eigenvalue weighted by molar-refractivity contribution is 7.92. The van der Waals surface area contributed by atoms with Crippen molar-refractivity contribution in [3.8, 4) is 11.5 Å². The Balaban J connectivity index is 1.98. The quantitative estimate of drug-likeness (QED) is 0.550. The number of benzene rings is 3. The zero-order valence-corrected chi connectivity index (χ0v) is 18.0. The van der Waals surface area contributed by atoms with Crippen LogP contribution in [0.1, 0.15) is 0 Å². The zero-order valence-electron chi connectivity index (χ0n) is 17.2. The molecular formula is C22H20F2N2O5S. The summed E-state index contributed by atoms with van der Waals surface area (Å²) in [6, 6.07) is 14.8. The molecule has 0 saturated heterocycles. The van der Waals surface area contributed by atoms with Gasteiger partial charge in [0.1, 0.15) is 18.0 Å². The van der Waals surface area contributed by atoms with E-state index in [-0.39, 0.29) is 22.0 Å². The van der Waals surface area contributed by atoms with Crippen molar-refractivity contribution in [3.05, 3.63) is 78.4 Å². The van der Waals surface area contributed by atoms with E-state index in [1.54, 1.807) is 18.2 Å². The third kappa shape index (κ3) is 4.97. The standard InChI is InChI=1S/C22H20F2N2O5S/c1-30-16-8-10-17(11-9-16)32(28,29)26(20-5-3-4-6-21(20)31-2)14-22(27)25-15-7-12-18(23)19(24)13-15/h3-13H,14H2,1-2H3,(H,25,27). The van der Waals surface area contributed by atoms with E-state index < -0.39 is 34.1 Å². The van der Waals surface area contributed by atoms with Gasteiger partial charge in [-0.1, -0.05) is 12.1 Å². The van der Waals surface area contributed by atoms with Crippen molar-refractivity contribution in [1.29, 1.82) is 0 Å². The fraction of sp³-hybridized carbons (Fsp3) is 0.136. The summed E-state index contributed by atoms with van der Waals surface area (Å²) < 4.78 is 64.7. The van der Waals surface area contributed by atoms with Gasteiger partial charge in [-0.25, -0.2) is 17.2 Å². The van der Waals surface area contributed by atoms with Crippen LogP contribution in [0.15, 0.2) is 71.6 Å². The number of carbonyl (C=O) groups is 1. The molecule has 10 heteroatoms. The maximum Gasteiger partial charge on any atom is 0.264 e. The van der Waals surface area contributed by atoms with Crippen molar-refractivity contribution >= 4 is 27.3 Å². The van der Waals surface area contributed by atoms with E-state index in [1.807, 2.05) is 0 Å². The van der Waals surface area contributed by atoms with Gasteiger partial charge < -0.3 is 14.8 Å². The number of ether oxygens (including phenoxy) is 2. The number of sulfonamides is 1. The molecule has 0 spiro atoms. The number of carbonyl (C=O) groups excluding carboxylic acids is 1. The molecule has 0 saturated carbocycles. The summed E-state index contributed by atoms with van der Waals surface area (Å²) in [4.78, 5) is 12.6. The van der Waals surface area contributed by atoms with Crippen LogP contribution in [0.2, 0.25) is 0 Å². The first-order chi connectivity index (χ1) is 15.3. The number of nitrogens with one attached hydrogen (secondary N) is 1. The molecule has 7 nitrogen and oxygen atoms in total. The molecule has 168 valence electrons. The minimum Gasteiger partial charge on any atom is -0.497 e. The number of amides is 1. The molecule has 0 bridgehead atoms. The number of para-hydroxylation sites is 2. The van der Waals surface area contributed by atoms with Gasteiger partial charge in [-0.05, 0) is 48.5 Å². The summed E-state index contributed by atoms with van der Waals surface area (Å²) in [5, 5.41) is 2.38. The Kier molecular flexibility index (Phi) is 6.94. The summed E-state index contributed by atoms with van der Waals surface area (Å²) in [6.45, 7) is -0.645. The molecule has 0 fully saturated rings. The van der Waals surface area contributed by atoms with E-state index in [1.165, 1.54) is 50.6 Å². The van der Waals surface area contributed by atoms with Crippen LogP contribution in [-0.4, -0.2) is 35.1 Å². The van der Waals surface area contributed by atoms with E-state index in [9.17, 15) is 22.0 Å². The highest BCUT2D eigenvalue weighted by atomic mass is 32.2. The van der Waals surface area contributed by atoms with Crippen molar-refractivity contribution in [2.75, 3.05) is 30.4 Å². The monoisotopic (exact) mass is 462 g/mol. The van der Waals surface area contributed by atoms with Crippen molar-refractivity contribution in [2.24, 2.45) is 0 Å². The van der Waals surface area contributed by atoms with Gasteiger partial charge in [0, 0.05) is 11.8 Å². The van der Waals surface area contributed by atoms with Gasteiger partial charge in [0.05, 0.1) is 24.8 Å². The predicted molar refractivity (Wildman–Crippen MR) is 116 cm³/mol. The van der Waals surface area contributed by atoms with Gasteiger partial charge in [0.15, 0.2) is 11.6 Å². The van der Waals surface area contributed by atoms with Crippen molar-refractivity contribution in [3.63, 3.8) is 0 Å². The highest BCUT2D eigenvalue weighted by Gasteiger charge is 2.29. The lowest BCUT2D eigenvalue weighted by atomic mass is 10.3. The Morgan fingerprint density at radius 3 is 2.25 bits per heavy atom. The van der Waals surface area contributed by atoms with Crippen LogP contribution in [-0.2, 0) is 14.8 Å². The highest BCUT2D eigenvalue weighted by Crippen LogP contribution is 2.32. The fourth-order valence-corrected chi connectivity index (χ4v) is 4.35. The lowest BCUT2D eigenvalue weighted by Crippen LogP contribution is -2.38. The molecule has 0 aliphatic rings. The second-order valence-electron chi connectivity index (χ2n) is 6.54. The number of methoxy groups -OCH3 is 2. The first-order valence-electron chi connectivity index (χ1n) is 9.31. The van der Waals surface area contributed by atoms with Crippen LogP contribution in [0.3, 0.4) is 0 Å². The summed E-state index contributed by atoms with van der Waals surface area (Å²) in [5.41, 5.74) is 0.113. The molecule has 0 unspecified atom stereocenters. The minimum absolute atomic E-state index is 0.0178. The van der Waals surface area contributed by atoms with Crippen LogP contribution in [0.5, 0.6) is 11.5 Å². The molecule has 0 radical (unpaired) electrons. The maximum absolute atomic E-state index is 13.5. The van der Waals surface area contributed by atoms with E-state index in [2.05, 4.69) is 5.32 Å². The molecule has 0 aliphatic heterocycles. The SMILES string of the molecule is COc1ccc(S(=O)(=O)N(CC(=O)Nc2ccc(F)c(F)c2)c2ccccc2OC)cc1. The van der Waals surface area contributed by atoms with E-state index in [0.717, 1.165) is 16.4 Å². The lowest BCUT2D eigenvalue weighted by Gasteiger charge is -2.25. The van der Waals surface area contributed by atoms with Crippen LogP contribution in [0, 0.1) is 11.6 Å². The topological polar surface area (TPSA) is 84.9 Å². The van der Waals surface area contributed by atoms with Crippen LogP contribution in [0.25, 0.3) is 0 Å². The number of rotatable bonds is 8. The number of hydrogen-bond donors (Lipinski definition) is 1. The molecule has 0 heterocycles. The summed E-state index contributed by atoms with van der Waals surface area (Å²) >= 11 is 0. The first-order valence-corrected chi connectivity index (χ1v) is 10.7. The Morgan fingerprint density at radius 1 is 0.938 bits per heavy atom. The zero-order chi connectivity index (χ0) is 23.3. The molecule has 0 aromatic heterocycles. The third-order valence-corrected chi connectivity index (χ3v) is 6.27. The van der Waals surface area contributed by atoms with Gasteiger partial charge in [0.2, 0.25) is 5.91 Å². The van der Waals surface area contributed by atoms with E-state index in [0.29, 0.717) is 5.75 Å². The maximum atomic E-state index is 13.5. The average molecular weight is 462 g/mol. The molecule has 3 aromatic rings. The minimum atomic E-state index is -4.21. The van der Waals surface area contributed by atoms with E-state index >= 15 is 0 Å². The molecule has 1 amide bonds. The Labute approximate surface area is 184 Å². The van der Waals surface area contributed by atoms with Crippen molar-refractivity contribution in [1.82, 2.24) is 0 Å². The average Bonchev–Trinajstić information content (AvgIpc) is 2.80. The smallest absolute Gasteiger partial charge is 0.264 e. The second kappa shape index (κ2) is 9.65. The molecule has 32 heavy (non-hydrogen) atoms. The largest absolute Gasteiger partial charge is 0.497 e. The van der Waals surface area contributed by atoms with Crippen LogP contribution >= 0.6 is 0 Å². The van der Waals surface area contributed by atoms with Crippen molar-refractivity contribution in [2.45, 2.75) is 4.90 Å². The predicted octanol–water partition coefficient (Wildman–Crippen LogP) is 3.82. The summed E-state index contributed by atoms with van der Waals surface area (Å²) in [6.07, 6.45) is 0. The normalized spacial score (nSPS) is 11.0. The summed E-state index contributed by atoms with van der Waals surface area (Å²) in [7, 11) is -1.39. The number of halogens is 2. The molecule has 1 N–H and O–H groups in total. The summed E-state index contributed by atoms with van der Waals surface area (Å²) in [5.74, 6) is -2.29. The third-order valence-electron chi connectivity index (χ3n) is 4.49. The van der Waals surface area contributed by atoms with Gasteiger partial charge in [0.25, 0.3) is 10.0 Å². The molecule has 3 rings (SSSR count). The van der Waals surface area contributed by atoms with Gasteiger partial charge in [-0.3, -0.25) is 9.10 Å². The number of hydrogen-bond acceptors (Lipinski definition) is 5. The number of nitrogens with zero attached hydrogens (tertiary/aromatic N) is 1. The Bertz CT molecular complexity index is 1220. The molecule has 0 atom stereocenters. The lowest BCUT2D eigenvalue weighted by molar-refractivity contribution is -0.114. The molecule has 3 aromatic carbocycles. The van der Waals surface area contributed by atoms with Gasteiger partial charge >= 0.3 is 0 Å².